The Kier molecular flexibility index (Phi) is 8.44. The average Bonchev–Trinajstić information content (AvgIpc) is 3.03. The maximum Gasteiger partial charge on any atom is 0.330 e. The molecule has 1 aromatic rings. The standard InChI is InChI=1S/C19H27N3O6/c1-2-7-16(25)20-9-6-4-3-5-8-13-11-22(19(27)21-18(13)26)17-10-14(24)15(12-23)28-17/h11,14-15,17,23-24H,2-4,6-7,9-10,12H2,1H3,(H,20,25)(H,21,26,27)/t14-,15+,17+/m0/s1. The van der Waals surface area contributed by atoms with Gasteiger partial charge in [-0.2, -0.15) is 0 Å². The fourth-order valence-electron chi connectivity index (χ4n) is 2.88. The average molecular weight is 393 g/mol. The van der Waals surface area contributed by atoms with E-state index in [4.69, 9.17) is 9.84 Å². The number of nitrogens with one attached hydrogen (secondary N) is 2. The van der Waals surface area contributed by atoms with Gasteiger partial charge in [-0.05, 0) is 19.3 Å². The molecule has 1 amide bonds. The summed E-state index contributed by atoms with van der Waals surface area (Å²) < 4.78 is 6.62. The highest BCUT2D eigenvalue weighted by atomic mass is 16.5. The van der Waals surface area contributed by atoms with Crippen molar-refractivity contribution in [3.63, 3.8) is 0 Å². The molecule has 0 saturated carbocycles. The molecule has 9 nitrogen and oxygen atoms in total. The SMILES string of the molecule is CCCC(=O)NCCCCC#Cc1cn([C@H]2C[C@H](O)[C@@H](CO)O2)c(=O)[nH]c1=O. The number of aromatic amines is 1. The highest BCUT2D eigenvalue weighted by Gasteiger charge is 2.35. The summed E-state index contributed by atoms with van der Waals surface area (Å²) >= 11 is 0. The minimum atomic E-state index is -0.888. The largest absolute Gasteiger partial charge is 0.394 e. The number of hydrogen-bond acceptors (Lipinski definition) is 6. The lowest BCUT2D eigenvalue weighted by Crippen LogP contribution is -2.33. The van der Waals surface area contributed by atoms with Crippen molar-refractivity contribution in [2.75, 3.05) is 13.2 Å². The molecule has 1 aromatic heterocycles. The van der Waals surface area contributed by atoms with E-state index in [0.29, 0.717) is 19.4 Å². The van der Waals surface area contributed by atoms with Crippen LogP contribution in [0.4, 0.5) is 0 Å². The Hall–Kier alpha value is -2.41. The third kappa shape index (κ3) is 6.05. The van der Waals surface area contributed by atoms with E-state index in [1.54, 1.807) is 0 Å². The molecule has 0 aliphatic carbocycles. The Morgan fingerprint density at radius 1 is 1.43 bits per heavy atom. The molecule has 3 atom stereocenters. The van der Waals surface area contributed by atoms with Crippen molar-refractivity contribution in [3.8, 4) is 11.8 Å². The molecule has 1 fully saturated rings. The van der Waals surface area contributed by atoms with Gasteiger partial charge in [-0.15, -0.1) is 0 Å². The number of amides is 1. The lowest BCUT2D eigenvalue weighted by atomic mass is 10.2. The van der Waals surface area contributed by atoms with Crippen molar-refractivity contribution in [1.82, 2.24) is 14.9 Å². The molecule has 4 N–H and O–H groups in total. The number of aliphatic hydroxyl groups is 2. The number of ether oxygens (including phenoxy) is 1. The molecule has 1 saturated heterocycles. The Bertz CT molecular complexity index is 835. The molecule has 0 bridgehead atoms. The summed E-state index contributed by atoms with van der Waals surface area (Å²) in [6, 6.07) is 0. The molecule has 0 aromatic carbocycles. The van der Waals surface area contributed by atoms with E-state index in [9.17, 15) is 19.5 Å². The van der Waals surface area contributed by atoms with Gasteiger partial charge in [-0.25, -0.2) is 4.79 Å². The monoisotopic (exact) mass is 393 g/mol. The minimum Gasteiger partial charge on any atom is -0.394 e. The van der Waals surface area contributed by atoms with Gasteiger partial charge in [-0.3, -0.25) is 19.1 Å². The Labute approximate surface area is 162 Å². The summed E-state index contributed by atoms with van der Waals surface area (Å²) in [7, 11) is 0. The highest BCUT2D eigenvalue weighted by molar-refractivity contribution is 5.75. The number of unbranched alkanes of at least 4 members (excludes halogenated alkanes) is 2. The van der Waals surface area contributed by atoms with Crippen LogP contribution in [0.2, 0.25) is 0 Å². The van der Waals surface area contributed by atoms with Crippen molar-refractivity contribution in [3.05, 3.63) is 32.6 Å². The van der Waals surface area contributed by atoms with Gasteiger partial charge in [0.15, 0.2) is 0 Å². The van der Waals surface area contributed by atoms with E-state index in [0.717, 1.165) is 19.3 Å². The number of carbonyl (C=O) groups is 1. The van der Waals surface area contributed by atoms with Crippen LogP contribution in [0.15, 0.2) is 15.8 Å². The zero-order valence-corrected chi connectivity index (χ0v) is 15.9. The van der Waals surface area contributed by atoms with Crippen LogP contribution in [0.3, 0.4) is 0 Å². The second-order valence-electron chi connectivity index (χ2n) is 6.68. The van der Waals surface area contributed by atoms with Crippen LogP contribution < -0.4 is 16.6 Å². The van der Waals surface area contributed by atoms with Gasteiger partial charge in [0.25, 0.3) is 5.56 Å². The van der Waals surface area contributed by atoms with Gasteiger partial charge < -0.3 is 20.3 Å². The summed E-state index contributed by atoms with van der Waals surface area (Å²) in [5.74, 6) is 5.69. The topological polar surface area (TPSA) is 134 Å². The van der Waals surface area contributed by atoms with Crippen LogP contribution in [0.5, 0.6) is 0 Å². The zero-order chi connectivity index (χ0) is 20.5. The molecule has 2 heterocycles. The highest BCUT2D eigenvalue weighted by Crippen LogP contribution is 2.27. The van der Waals surface area contributed by atoms with E-state index in [-0.39, 0.29) is 24.5 Å². The van der Waals surface area contributed by atoms with E-state index < -0.39 is 29.7 Å². The number of hydrogen-bond donors (Lipinski definition) is 4. The number of aromatic nitrogens is 2. The van der Waals surface area contributed by atoms with Gasteiger partial charge >= 0.3 is 5.69 Å². The zero-order valence-electron chi connectivity index (χ0n) is 15.9. The number of nitrogens with zero attached hydrogens (tertiary/aromatic N) is 1. The van der Waals surface area contributed by atoms with Crippen LogP contribution in [0, 0.1) is 11.8 Å². The van der Waals surface area contributed by atoms with Crippen molar-refractivity contribution in [1.29, 1.82) is 0 Å². The fraction of sp³-hybridized carbons (Fsp3) is 0.632. The Balaban J connectivity index is 1.93. The molecular weight excluding hydrogens is 366 g/mol. The number of rotatable bonds is 8. The molecule has 0 unspecified atom stereocenters. The second-order valence-corrected chi connectivity index (χ2v) is 6.68. The van der Waals surface area contributed by atoms with Gasteiger partial charge in [0.2, 0.25) is 5.91 Å². The first-order valence-corrected chi connectivity index (χ1v) is 9.51. The Morgan fingerprint density at radius 2 is 2.21 bits per heavy atom. The van der Waals surface area contributed by atoms with E-state index in [1.807, 2.05) is 6.92 Å². The molecule has 0 spiro atoms. The summed E-state index contributed by atoms with van der Waals surface area (Å²) in [6.07, 6.45) is 2.47. The first-order valence-electron chi connectivity index (χ1n) is 9.51. The van der Waals surface area contributed by atoms with Crippen LogP contribution in [0.25, 0.3) is 0 Å². The van der Waals surface area contributed by atoms with Gasteiger partial charge in [0.1, 0.15) is 17.9 Å². The predicted octanol–water partition coefficient (Wildman–Crippen LogP) is -0.385. The van der Waals surface area contributed by atoms with Crippen LogP contribution >= 0.6 is 0 Å². The smallest absolute Gasteiger partial charge is 0.330 e. The molecule has 154 valence electrons. The van der Waals surface area contributed by atoms with Gasteiger partial charge in [-0.1, -0.05) is 18.8 Å². The number of carbonyl (C=O) groups excluding carboxylic acids is 1. The van der Waals surface area contributed by atoms with E-state index >= 15 is 0 Å². The maximum absolute atomic E-state index is 12.0. The first-order chi connectivity index (χ1) is 13.5. The van der Waals surface area contributed by atoms with Crippen molar-refractivity contribution in [2.45, 2.75) is 63.9 Å². The van der Waals surface area contributed by atoms with Crippen LogP contribution in [-0.4, -0.2) is 51.0 Å². The fourth-order valence-corrected chi connectivity index (χ4v) is 2.88. The number of aliphatic hydroxyl groups excluding tert-OH is 2. The van der Waals surface area contributed by atoms with Gasteiger partial charge in [0, 0.05) is 32.0 Å². The van der Waals surface area contributed by atoms with Gasteiger partial charge in [0.05, 0.1) is 12.7 Å². The third-order valence-electron chi connectivity index (χ3n) is 4.41. The van der Waals surface area contributed by atoms with E-state index in [2.05, 4.69) is 22.1 Å². The van der Waals surface area contributed by atoms with Crippen molar-refractivity contribution >= 4 is 5.91 Å². The van der Waals surface area contributed by atoms with Crippen molar-refractivity contribution < 1.29 is 19.7 Å². The van der Waals surface area contributed by atoms with E-state index in [1.165, 1.54) is 10.8 Å². The quantitative estimate of drug-likeness (QED) is 0.351. The molecule has 28 heavy (non-hydrogen) atoms. The van der Waals surface area contributed by atoms with Crippen LogP contribution in [-0.2, 0) is 9.53 Å². The molecule has 1 aliphatic rings. The van der Waals surface area contributed by atoms with Crippen LogP contribution in [0.1, 0.15) is 57.2 Å². The normalized spacial score (nSPS) is 21.2. The summed E-state index contributed by atoms with van der Waals surface area (Å²) in [5, 5.41) is 21.8. The second kappa shape index (κ2) is 10.8. The minimum absolute atomic E-state index is 0.0464. The molecule has 9 heteroatoms. The summed E-state index contributed by atoms with van der Waals surface area (Å²) in [4.78, 5) is 37.5. The first kappa shape index (κ1) is 21.9. The molecular formula is C19H27N3O6. The summed E-state index contributed by atoms with van der Waals surface area (Å²) in [6.45, 7) is 2.19. The molecule has 0 radical (unpaired) electrons. The lowest BCUT2D eigenvalue weighted by molar-refractivity contribution is -0.121. The lowest BCUT2D eigenvalue weighted by Gasteiger charge is -2.14. The molecule has 2 rings (SSSR count). The van der Waals surface area contributed by atoms with Crippen molar-refractivity contribution in [2.24, 2.45) is 0 Å². The molecule has 1 aliphatic heterocycles. The Morgan fingerprint density at radius 3 is 2.89 bits per heavy atom. The number of H-pyrrole nitrogens is 1. The maximum atomic E-state index is 12.0. The summed E-state index contributed by atoms with van der Waals surface area (Å²) in [5.41, 5.74) is -1.12. The third-order valence-corrected chi connectivity index (χ3v) is 4.41. The predicted molar refractivity (Wildman–Crippen MR) is 102 cm³/mol.